The molecule has 0 aliphatic carbocycles. The minimum atomic E-state index is -3.87. The summed E-state index contributed by atoms with van der Waals surface area (Å²) in [5, 5.41) is 5.18. The summed E-state index contributed by atoms with van der Waals surface area (Å²) in [7, 11) is -3.87. The molecule has 0 fully saturated rings. The second-order valence-electron chi connectivity index (χ2n) is 4.52. The maximum atomic E-state index is 13.0. The highest BCUT2D eigenvalue weighted by molar-refractivity contribution is 9.10. The first kappa shape index (κ1) is 15.9. The molecule has 4 nitrogen and oxygen atoms in total. The molecule has 2 aromatic carbocycles. The van der Waals surface area contributed by atoms with Gasteiger partial charge in [0.2, 0.25) is 10.0 Å². The molecule has 0 bridgehead atoms. The second kappa shape index (κ2) is 6.13. The molecule has 0 radical (unpaired) electrons. The van der Waals surface area contributed by atoms with Gasteiger partial charge in [-0.25, -0.2) is 17.9 Å². The van der Waals surface area contributed by atoms with Crippen LogP contribution >= 0.6 is 15.9 Å². The number of halogens is 2. The summed E-state index contributed by atoms with van der Waals surface area (Å²) in [6.45, 7) is 1.85. The van der Waals surface area contributed by atoms with Gasteiger partial charge < -0.3 is 4.74 Å². The maximum absolute atomic E-state index is 13.0. The van der Waals surface area contributed by atoms with Crippen LogP contribution in [-0.2, 0) is 16.6 Å². The molecule has 112 valence electrons. The van der Waals surface area contributed by atoms with Gasteiger partial charge in [0, 0.05) is 10.0 Å². The Balaban J connectivity index is 2.28. The maximum Gasteiger partial charge on any atom is 0.241 e. The van der Waals surface area contributed by atoms with E-state index in [9.17, 15) is 12.8 Å². The molecule has 0 atom stereocenters. The molecule has 0 spiro atoms. The van der Waals surface area contributed by atoms with Crippen molar-refractivity contribution >= 4 is 26.0 Å². The Bertz CT molecular complexity index is 778. The van der Waals surface area contributed by atoms with Gasteiger partial charge in [0.25, 0.3) is 0 Å². The average molecular weight is 374 g/mol. The zero-order valence-corrected chi connectivity index (χ0v) is 13.5. The van der Waals surface area contributed by atoms with E-state index in [4.69, 9.17) is 9.88 Å². The van der Waals surface area contributed by atoms with E-state index < -0.39 is 10.0 Å². The zero-order valence-electron chi connectivity index (χ0n) is 11.1. The second-order valence-corrected chi connectivity index (χ2v) is 6.90. The summed E-state index contributed by atoms with van der Waals surface area (Å²) < 4.78 is 42.2. The van der Waals surface area contributed by atoms with Gasteiger partial charge in [0.15, 0.2) is 0 Å². The quantitative estimate of drug-likeness (QED) is 0.894. The molecule has 0 aliphatic rings. The third-order valence-electron chi connectivity index (χ3n) is 2.80. The van der Waals surface area contributed by atoms with Crippen LogP contribution in [0.3, 0.4) is 0 Å². The van der Waals surface area contributed by atoms with Gasteiger partial charge in [0.05, 0.1) is 0 Å². The number of nitrogens with two attached hydrogens (primary N) is 1. The molecular formula is C14H13BrFNO3S. The minimum absolute atomic E-state index is 0.0688. The van der Waals surface area contributed by atoms with Crippen LogP contribution in [0.25, 0.3) is 0 Å². The fourth-order valence-corrected chi connectivity index (χ4v) is 2.97. The first-order valence-electron chi connectivity index (χ1n) is 5.97. The molecular weight excluding hydrogens is 361 g/mol. The topological polar surface area (TPSA) is 69.4 Å². The summed E-state index contributed by atoms with van der Waals surface area (Å²) >= 11 is 3.23. The van der Waals surface area contributed by atoms with Crippen molar-refractivity contribution in [2.24, 2.45) is 5.14 Å². The van der Waals surface area contributed by atoms with Gasteiger partial charge in [0.1, 0.15) is 23.1 Å². The summed E-state index contributed by atoms with van der Waals surface area (Å²) in [5.74, 6) is -0.203. The van der Waals surface area contributed by atoms with Crippen LogP contribution in [-0.4, -0.2) is 8.42 Å². The first-order valence-corrected chi connectivity index (χ1v) is 8.31. The van der Waals surface area contributed by atoms with E-state index in [2.05, 4.69) is 15.9 Å². The molecule has 2 rings (SSSR count). The Kier molecular flexibility index (Phi) is 4.65. The van der Waals surface area contributed by atoms with Crippen LogP contribution in [0, 0.1) is 12.7 Å². The molecule has 0 unspecified atom stereocenters. The molecule has 0 amide bonds. The fourth-order valence-electron chi connectivity index (χ4n) is 1.75. The molecule has 0 saturated carbocycles. The van der Waals surface area contributed by atoms with Crippen molar-refractivity contribution in [2.45, 2.75) is 18.4 Å². The van der Waals surface area contributed by atoms with E-state index in [0.29, 0.717) is 10.0 Å². The number of hydrogen-bond acceptors (Lipinski definition) is 3. The largest absolute Gasteiger partial charge is 0.487 e. The van der Waals surface area contributed by atoms with Crippen LogP contribution in [0.1, 0.15) is 11.1 Å². The van der Waals surface area contributed by atoms with E-state index in [-0.39, 0.29) is 23.1 Å². The zero-order chi connectivity index (χ0) is 15.6. The van der Waals surface area contributed by atoms with Gasteiger partial charge in [-0.3, -0.25) is 0 Å². The van der Waals surface area contributed by atoms with Gasteiger partial charge in [-0.05, 0) is 36.8 Å². The number of benzene rings is 2. The van der Waals surface area contributed by atoms with Crippen LogP contribution in [0.15, 0.2) is 45.8 Å². The average Bonchev–Trinajstić information content (AvgIpc) is 2.38. The Morgan fingerprint density at radius 3 is 2.57 bits per heavy atom. The van der Waals surface area contributed by atoms with Crippen molar-refractivity contribution < 1.29 is 17.5 Å². The van der Waals surface area contributed by atoms with Crippen molar-refractivity contribution in [3.63, 3.8) is 0 Å². The van der Waals surface area contributed by atoms with Crippen LogP contribution in [0.2, 0.25) is 0 Å². The van der Waals surface area contributed by atoms with Crippen molar-refractivity contribution in [1.82, 2.24) is 0 Å². The van der Waals surface area contributed by atoms with Crippen molar-refractivity contribution in [3.8, 4) is 5.75 Å². The predicted molar refractivity (Wildman–Crippen MR) is 81.0 cm³/mol. The third-order valence-corrected chi connectivity index (χ3v) is 4.47. The summed E-state index contributed by atoms with van der Waals surface area (Å²) in [4.78, 5) is -0.0688. The molecule has 0 heterocycles. The van der Waals surface area contributed by atoms with E-state index in [1.54, 1.807) is 25.1 Å². The minimum Gasteiger partial charge on any atom is -0.487 e. The standard InChI is InChI=1S/C14H13BrFNO3S/c1-9-2-5-13(14(6-9)21(17,18)19)20-8-10-3-4-11(16)7-12(10)15/h2-7H,8H2,1H3,(H2,17,18,19). The van der Waals surface area contributed by atoms with Crippen molar-refractivity contribution in [3.05, 3.63) is 57.8 Å². The van der Waals surface area contributed by atoms with Gasteiger partial charge >= 0.3 is 0 Å². The number of ether oxygens (including phenoxy) is 1. The van der Waals surface area contributed by atoms with Crippen LogP contribution in [0.5, 0.6) is 5.75 Å². The number of rotatable bonds is 4. The highest BCUT2D eigenvalue weighted by Crippen LogP contribution is 2.26. The summed E-state index contributed by atoms with van der Waals surface area (Å²) in [6.07, 6.45) is 0. The van der Waals surface area contributed by atoms with Crippen LogP contribution < -0.4 is 9.88 Å². The molecule has 2 N–H and O–H groups in total. The van der Waals surface area contributed by atoms with Crippen molar-refractivity contribution in [2.75, 3.05) is 0 Å². The number of primary sulfonamides is 1. The summed E-state index contributed by atoms with van der Waals surface area (Å²) in [6, 6.07) is 8.90. The number of hydrogen-bond donors (Lipinski definition) is 1. The Hall–Kier alpha value is -1.44. The smallest absolute Gasteiger partial charge is 0.241 e. The predicted octanol–water partition coefficient (Wildman–Crippen LogP) is 3.12. The lowest BCUT2D eigenvalue weighted by Crippen LogP contribution is -2.14. The Morgan fingerprint density at radius 1 is 1.24 bits per heavy atom. The van der Waals surface area contributed by atoms with E-state index in [0.717, 1.165) is 5.56 Å². The molecule has 7 heteroatoms. The highest BCUT2D eigenvalue weighted by Gasteiger charge is 2.16. The first-order chi connectivity index (χ1) is 9.77. The Morgan fingerprint density at radius 2 is 1.95 bits per heavy atom. The number of aryl methyl sites for hydroxylation is 1. The van der Waals surface area contributed by atoms with E-state index in [1.807, 2.05) is 0 Å². The monoisotopic (exact) mass is 373 g/mol. The highest BCUT2D eigenvalue weighted by atomic mass is 79.9. The normalized spacial score (nSPS) is 11.4. The van der Waals surface area contributed by atoms with Gasteiger partial charge in [-0.2, -0.15) is 0 Å². The number of sulfonamides is 1. The molecule has 0 aromatic heterocycles. The molecule has 2 aromatic rings. The molecule has 0 aliphatic heterocycles. The third kappa shape index (κ3) is 4.03. The lowest BCUT2D eigenvalue weighted by atomic mass is 10.2. The molecule has 21 heavy (non-hydrogen) atoms. The van der Waals surface area contributed by atoms with Crippen LogP contribution in [0.4, 0.5) is 4.39 Å². The fraction of sp³-hybridized carbons (Fsp3) is 0.143. The van der Waals surface area contributed by atoms with E-state index in [1.165, 1.54) is 18.2 Å². The lowest BCUT2D eigenvalue weighted by molar-refractivity contribution is 0.297. The Labute approximate surface area is 130 Å². The lowest BCUT2D eigenvalue weighted by Gasteiger charge is -2.12. The van der Waals surface area contributed by atoms with E-state index >= 15 is 0 Å². The summed E-state index contributed by atoms with van der Waals surface area (Å²) in [5.41, 5.74) is 1.45. The van der Waals surface area contributed by atoms with Crippen molar-refractivity contribution in [1.29, 1.82) is 0 Å². The molecule has 0 saturated heterocycles. The van der Waals surface area contributed by atoms with Gasteiger partial charge in [-0.15, -0.1) is 0 Å². The van der Waals surface area contributed by atoms with Gasteiger partial charge in [-0.1, -0.05) is 28.1 Å². The SMILES string of the molecule is Cc1ccc(OCc2ccc(F)cc2Br)c(S(N)(=O)=O)c1.